The van der Waals surface area contributed by atoms with Crippen molar-refractivity contribution >= 4 is 54.6 Å². The summed E-state index contributed by atoms with van der Waals surface area (Å²) in [6.45, 7) is 27.9. The molecule has 0 aliphatic rings. The highest BCUT2D eigenvalue weighted by Gasteiger charge is 2.27. The Morgan fingerprint density at radius 2 is 0.643 bits per heavy atom. The van der Waals surface area contributed by atoms with Crippen LogP contribution in [0.3, 0.4) is 0 Å². The van der Waals surface area contributed by atoms with Gasteiger partial charge in [0.05, 0.1) is 33.1 Å². The average Bonchev–Trinajstić information content (AvgIpc) is 3.38. The first-order valence-corrected chi connectivity index (χ1v) is 15.6. The monoisotopic (exact) mass is 554 g/mol. The lowest BCUT2D eigenvalue weighted by Gasteiger charge is -2.22. The van der Waals surface area contributed by atoms with E-state index in [1.54, 1.807) is 0 Å². The van der Waals surface area contributed by atoms with Crippen LogP contribution in [0.25, 0.3) is 54.6 Å². The van der Waals surface area contributed by atoms with Crippen molar-refractivity contribution in [1.82, 2.24) is 8.80 Å². The fourth-order valence-corrected chi connectivity index (χ4v) is 6.89. The number of aromatic nitrogens is 2. The van der Waals surface area contributed by atoms with Gasteiger partial charge in [-0.2, -0.15) is 0 Å². The van der Waals surface area contributed by atoms with Crippen molar-refractivity contribution in [2.75, 3.05) is 0 Å². The van der Waals surface area contributed by atoms with Crippen molar-refractivity contribution in [3.63, 3.8) is 0 Å². The zero-order valence-electron chi connectivity index (χ0n) is 27.7. The molecule has 0 saturated carbocycles. The summed E-state index contributed by atoms with van der Waals surface area (Å²) in [7, 11) is 0. The molecule has 0 aliphatic heterocycles. The fourth-order valence-electron chi connectivity index (χ4n) is 6.89. The van der Waals surface area contributed by atoms with E-state index in [1.165, 1.54) is 76.9 Å². The molecule has 216 valence electrons. The van der Waals surface area contributed by atoms with Gasteiger partial charge in [-0.25, -0.2) is 0 Å². The summed E-state index contributed by atoms with van der Waals surface area (Å²) in [4.78, 5) is 0. The van der Waals surface area contributed by atoms with E-state index in [-0.39, 0.29) is 21.7 Å². The highest BCUT2D eigenvalue weighted by molar-refractivity contribution is 6.22. The lowest BCUT2D eigenvalue weighted by Crippen LogP contribution is -2.12. The Labute approximate surface area is 250 Å². The summed E-state index contributed by atoms with van der Waals surface area (Å²) in [5, 5.41) is 5.41. The smallest absolute Gasteiger partial charge is 0.0783 e. The molecule has 2 nitrogen and oxygen atoms in total. The van der Waals surface area contributed by atoms with E-state index >= 15 is 0 Å². The Hall–Kier alpha value is -3.52. The Morgan fingerprint density at radius 1 is 0.333 bits per heavy atom. The molecule has 3 heterocycles. The van der Waals surface area contributed by atoms with E-state index in [0.717, 1.165) is 0 Å². The van der Waals surface area contributed by atoms with E-state index in [2.05, 4.69) is 153 Å². The molecule has 0 spiro atoms. The van der Waals surface area contributed by atoms with Crippen LogP contribution in [0.4, 0.5) is 0 Å². The first-order chi connectivity index (χ1) is 19.4. The first-order valence-electron chi connectivity index (χ1n) is 15.6. The maximum absolute atomic E-state index is 2.58. The van der Waals surface area contributed by atoms with Gasteiger partial charge in [-0.15, -0.1) is 0 Å². The van der Waals surface area contributed by atoms with Crippen LogP contribution in [0, 0.1) is 0 Å². The Balaban J connectivity index is 1.83. The zero-order valence-corrected chi connectivity index (χ0v) is 27.7. The molecule has 0 unspecified atom stereocenters. The average molecular weight is 555 g/mol. The van der Waals surface area contributed by atoms with Gasteiger partial charge in [-0.05, 0) is 92.4 Å². The SMILES string of the molecule is CC(C)(C)c1ccc2c(c1)c1cc(C(C)(C)C)cc3c1n2c1cc(C(C)(C)C)cc2c4cc(C(C)(C)C)ccc4n3c21. The topological polar surface area (TPSA) is 8.82 Å². The van der Waals surface area contributed by atoms with Crippen LogP contribution in [-0.2, 0) is 21.7 Å². The molecule has 42 heavy (non-hydrogen) atoms. The summed E-state index contributed by atoms with van der Waals surface area (Å²) in [5.41, 5.74) is 13.6. The van der Waals surface area contributed by atoms with Crippen molar-refractivity contribution in [3.8, 4) is 0 Å². The minimum atomic E-state index is 0.0264. The Morgan fingerprint density at radius 3 is 0.952 bits per heavy atom. The molecule has 4 aromatic carbocycles. The van der Waals surface area contributed by atoms with Gasteiger partial charge in [0.25, 0.3) is 0 Å². The van der Waals surface area contributed by atoms with E-state index in [0.29, 0.717) is 0 Å². The molecule has 7 rings (SSSR count). The third-order valence-corrected chi connectivity index (χ3v) is 9.63. The van der Waals surface area contributed by atoms with Crippen LogP contribution in [0.1, 0.15) is 105 Å². The van der Waals surface area contributed by atoms with Crippen LogP contribution in [0.15, 0.2) is 60.7 Å². The van der Waals surface area contributed by atoms with Crippen LogP contribution in [-0.4, -0.2) is 8.80 Å². The molecular weight excluding hydrogens is 508 g/mol. The molecule has 7 aromatic rings. The Bertz CT molecular complexity index is 2040. The third-order valence-electron chi connectivity index (χ3n) is 9.63. The number of rotatable bonds is 0. The molecule has 0 radical (unpaired) electrons. The van der Waals surface area contributed by atoms with Crippen molar-refractivity contribution < 1.29 is 0 Å². The van der Waals surface area contributed by atoms with Gasteiger partial charge in [0, 0.05) is 21.5 Å². The second-order valence-corrected chi connectivity index (χ2v) is 16.9. The number of fused-ring (bicyclic) bond motifs is 8. The quantitative estimate of drug-likeness (QED) is 0.165. The predicted molar refractivity (Wildman–Crippen MR) is 184 cm³/mol. The molecule has 0 bridgehead atoms. The van der Waals surface area contributed by atoms with Crippen molar-refractivity contribution in [2.24, 2.45) is 0 Å². The van der Waals surface area contributed by atoms with E-state index in [1.807, 2.05) is 0 Å². The standard InChI is InChI=1S/C40H46N2/c1-37(2,3)23-13-15-31-27(17-23)29-19-25(39(7,8)9)21-33-35(29)41(31)34-22-26(40(10,11)12)20-30-28-18-24(38(4,5)6)14-16-32(28)42(33)36(30)34/h13-22H,1-12H3. The molecular formula is C40H46N2. The van der Waals surface area contributed by atoms with Crippen molar-refractivity contribution in [2.45, 2.75) is 105 Å². The maximum atomic E-state index is 2.58. The normalized spacial score (nSPS) is 14.2. The molecule has 0 aliphatic carbocycles. The van der Waals surface area contributed by atoms with Crippen LogP contribution in [0.5, 0.6) is 0 Å². The number of benzene rings is 4. The van der Waals surface area contributed by atoms with Gasteiger partial charge in [-0.1, -0.05) is 95.2 Å². The van der Waals surface area contributed by atoms with Gasteiger partial charge in [-0.3, -0.25) is 0 Å². The molecule has 0 amide bonds. The van der Waals surface area contributed by atoms with Crippen LogP contribution < -0.4 is 0 Å². The highest BCUT2D eigenvalue weighted by atomic mass is 15.0. The van der Waals surface area contributed by atoms with Gasteiger partial charge in [0.1, 0.15) is 0 Å². The van der Waals surface area contributed by atoms with E-state index < -0.39 is 0 Å². The third kappa shape index (κ3) is 3.76. The summed E-state index contributed by atoms with van der Waals surface area (Å²) in [5.74, 6) is 0. The van der Waals surface area contributed by atoms with Crippen LogP contribution in [0.2, 0.25) is 0 Å². The van der Waals surface area contributed by atoms with Gasteiger partial charge < -0.3 is 8.80 Å². The maximum Gasteiger partial charge on any atom is 0.0783 e. The molecule has 0 saturated heterocycles. The van der Waals surface area contributed by atoms with E-state index in [4.69, 9.17) is 0 Å². The molecule has 0 N–H and O–H groups in total. The summed E-state index contributed by atoms with van der Waals surface area (Å²) >= 11 is 0. The summed E-state index contributed by atoms with van der Waals surface area (Å²) in [6.07, 6.45) is 0. The first kappa shape index (κ1) is 27.3. The number of hydrogen-bond donors (Lipinski definition) is 0. The van der Waals surface area contributed by atoms with Gasteiger partial charge in [0.2, 0.25) is 0 Å². The Kier molecular flexibility index (Phi) is 5.27. The molecule has 2 heteroatoms. The lowest BCUT2D eigenvalue weighted by molar-refractivity contribution is 0.590. The second kappa shape index (κ2) is 8.10. The molecule has 0 atom stereocenters. The lowest BCUT2D eigenvalue weighted by atomic mass is 9.84. The van der Waals surface area contributed by atoms with Crippen LogP contribution >= 0.6 is 0 Å². The van der Waals surface area contributed by atoms with Crippen molar-refractivity contribution in [3.05, 3.63) is 82.9 Å². The predicted octanol–water partition coefficient (Wildman–Crippen LogP) is 11.4. The zero-order chi connectivity index (χ0) is 30.3. The summed E-state index contributed by atoms with van der Waals surface area (Å²) < 4.78 is 5.17. The largest absolute Gasteiger partial charge is 0.305 e. The highest BCUT2D eigenvalue weighted by Crippen LogP contribution is 2.45. The van der Waals surface area contributed by atoms with Gasteiger partial charge in [0.15, 0.2) is 0 Å². The summed E-state index contributed by atoms with van der Waals surface area (Å²) in [6, 6.07) is 24.3. The number of hydrogen-bond acceptors (Lipinski definition) is 0. The molecule has 3 aromatic heterocycles. The van der Waals surface area contributed by atoms with Gasteiger partial charge >= 0.3 is 0 Å². The number of nitrogens with zero attached hydrogens (tertiary/aromatic N) is 2. The fraction of sp³-hybridized carbons (Fsp3) is 0.400. The second-order valence-electron chi connectivity index (χ2n) is 16.9. The van der Waals surface area contributed by atoms with E-state index in [9.17, 15) is 0 Å². The minimum Gasteiger partial charge on any atom is -0.305 e. The van der Waals surface area contributed by atoms with Crippen molar-refractivity contribution in [1.29, 1.82) is 0 Å². The molecule has 0 fully saturated rings. The minimum absolute atomic E-state index is 0.0264.